The van der Waals surface area contributed by atoms with E-state index in [-0.39, 0.29) is 5.41 Å². The third-order valence-electron chi connectivity index (χ3n) is 8.21. The molecule has 1 aliphatic rings. The third kappa shape index (κ3) is 7.83. The van der Waals surface area contributed by atoms with Crippen molar-refractivity contribution < 1.29 is 39.4 Å². The molecule has 1 heterocycles. The molecule has 1 fully saturated rings. The Morgan fingerprint density at radius 3 is 1.69 bits per heavy atom. The van der Waals surface area contributed by atoms with Gasteiger partial charge >= 0.3 is 0 Å². The van der Waals surface area contributed by atoms with Crippen molar-refractivity contribution in [1.82, 2.24) is 0 Å². The Labute approximate surface area is 263 Å². The standard InChI is InChI=1S/C36H41NO8/c1-36(2,27-10-16-30(17-11-27)44-35-34(41)33(40)32(39)31(20-38)45-35)26-8-14-29(15-9-26)43-22-25-5-3-4-24(18-25)21-42-28-12-6-23(19-37)7-13-28/h3-18,31-35,38-41H,19-22,37H2,1-2H3/t31-,32-,33+,34-,35-/m1/s1. The normalized spacial score (nSPS) is 21.7. The molecule has 0 aliphatic carbocycles. The van der Waals surface area contributed by atoms with E-state index in [1.54, 1.807) is 12.1 Å². The van der Waals surface area contributed by atoms with Crippen molar-refractivity contribution >= 4 is 0 Å². The summed E-state index contributed by atoms with van der Waals surface area (Å²) in [5.41, 5.74) is 10.6. The van der Waals surface area contributed by atoms with Gasteiger partial charge in [-0.15, -0.1) is 0 Å². The Bertz CT molecular complexity index is 1510. The van der Waals surface area contributed by atoms with Crippen molar-refractivity contribution in [1.29, 1.82) is 0 Å². The highest BCUT2D eigenvalue weighted by Crippen LogP contribution is 2.34. The van der Waals surface area contributed by atoms with Gasteiger partial charge in [0.15, 0.2) is 0 Å². The summed E-state index contributed by atoms with van der Waals surface area (Å²) in [5.74, 6) is 1.98. The summed E-state index contributed by atoms with van der Waals surface area (Å²) in [6.45, 7) is 5.12. The molecule has 6 N–H and O–H groups in total. The van der Waals surface area contributed by atoms with Crippen LogP contribution in [0.15, 0.2) is 97.1 Å². The lowest BCUT2D eigenvalue weighted by Gasteiger charge is -2.39. The Kier molecular flexibility index (Phi) is 10.4. The molecule has 5 rings (SSSR count). The third-order valence-corrected chi connectivity index (χ3v) is 8.21. The average molecular weight is 616 g/mol. The molecular weight excluding hydrogens is 574 g/mol. The minimum atomic E-state index is -1.50. The highest BCUT2D eigenvalue weighted by atomic mass is 16.7. The second-order valence-electron chi connectivity index (χ2n) is 11.7. The maximum absolute atomic E-state index is 10.3. The van der Waals surface area contributed by atoms with E-state index in [0.29, 0.717) is 25.5 Å². The lowest BCUT2D eigenvalue weighted by molar-refractivity contribution is -0.277. The summed E-state index contributed by atoms with van der Waals surface area (Å²) in [6.07, 6.45) is -6.67. The van der Waals surface area contributed by atoms with Gasteiger partial charge in [0.1, 0.15) is 54.9 Å². The van der Waals surface area contributed by atoms with E-state index in [0.717, 1.165) is 39.3 Å². The summed E-state index contributed by atoms with van der Waals surface area (Å²) >= 11 is 0. The Balaban J connectivity index is 1.15. The van der Waals surface area contributed by atoms with Crippen LogP contribution >= 0.6 is 0 Å². The topological polar surface area (TPSA) is 144 Å². The molecule has 0 saturated carbocycles. The predicted octanol–water partition coefficient (Wildman–Crippen LogP) is 3.81. The first kappa shape index (κ1) is 32.4. The van der Waals surface area contributed by atoms with Crippen LogP contribution in [0.2, 0.25) is 0 Å². The van der Waals surface area contributed by atoms with Gasteiger partial charge in [0.25, 0.3) is 0 Å². The molecule has 9 nitrogen and oxygen atoms in total. The van der Waals surface area contributed by atoms with E-state index in [4.69, 9.17) is 24.7 Å². The maximum Gasteiger partial charge on any atom is 0.229 e. The van der Waals surface area contributed by atoms with Gasteiger partial charge in [0.2, 0.25) is 6.29 Å². The zero-order chi connectivity index (χ0) is 32.0. The van der Waals surface area contributed by atoms with E-state index >= 15 is 0 Å². The van der Waals surface area contributed by atoms with E-state index in [2.05, 4.69) is 19.9 Å². The number of hydrogen-bond acceptors (Lipinski definition) is 9. The monoisotopic (exact) mass is 615 g/mol. The number of aliphatic hydroxyl groups is 4. The smallest absolute Gasteiger partial charge is 0.229 e. The minimum Gasteiger partial charge on any atom is -0.489 e. The number of nitrogens with two attached hydrogens (primary N) is 1. The zero-order valence-corrected chi connectivity index (χ0v) is 25.5. The predicted molar refractivity (Wildman–Crippen MR) is 169 cm³/mol. The van der Waals surface area contributed by atoms with Crippen LogP contribution in [0.5, 0.6) is 17.2 Å². The summed E-state index contributed by atoms with van der Waals surface area (Å²) in [6, 6.07) is 31.3. The number of ether oxygens (including phenoxy) is 4. The van der Waals surface area contributed by atoms with Gasteiger partial charge in [-0.05, 0) is 70.3 Å². The number of benzene rings is 4. The SMILES string of the molecule is CC(C)(c1ccc(OCc2cccc(COc3ccc(CN)cc3)c2)cc1)c1ccc(O[C@@H]2O[C@H](CO)[C@@H](O)[C@H](O)[C@H]2O)cc1. The van der Waals surface area contributed by atoms with E-state index < -0.39 is 37.3 Å². The van der Waals surface area contributed by atoms with E-state index in [9.17, 15) is 20.4 Å². The molecule has 238 valence electrons. The molecule has 0 bridgehead atoms. The first-order valence-electron chi connectivity index (χ1n) is 15.0. The molecule has 0 unspecified atom stereocenters. The van der Waals surface area contributed by atoms with Crippen molar-refractivity contribution in [2.45, 2.75) is 69.7 Å². The van der Waals surface area contributed by atoms with Crippen LogP contribution in [0.25, 0.3) is 0 Å². The minimum absolute atomic E-state index is 0.334. The van der Waals surface area contributed by atoms with Crippen molar-refractivity contribution in [3.8, 4) is 17.2 Å². The Morgan fingerprint density at radius 1 is 0.667 bits per heavy atom. The number of rotatable bonds is 12. The second-order valence-corrected chi connectivity index (χ2v) is 11.7. The molecule has 0 radical (unpaired) electrons. The molecule has 0 aromatic heterocycles. The molecule has 4 aromatic rings. The van der Waals surface area contributed by atoms with Crippen LogP contribution in [-0.4, -0.2) is 57.7 Å². The van der Waals surface area contributed by atoms with Gasteiger partial charge in [-0.3, -0.25) is 0 Å². The van der Waals surface area contributed by atoms with Gasteiger partial charge in [0, 0.05) is 12.0 Å². The molecule has 45 heavy (non-hydrogen) atoms. The molecule has 0 spiro atoms. The first-order valence-corrected chi connectivity index (χ1v) is 15.0. The number of hydrogen-bond donors (Lipinski definition) is 5. The highest BCUT2D eigenvalue weighted by Gasteiger charge is 2.44. The van der Waals surface area contributed by atoms with Crippen LogP contribution < -0.4 is 19.9 Å². The summed E-state index contributed by atoms with van der Waals surface area (Å²) in [5, 5.41) is 39.7. The van der Waals surface area contributed by atoms with Crippen LogP contribution in [-0.2, 0) is 29.9 Å². The summed E-state index contributed by atoms with van der Waals surface area (Å²) in [7, 11) is 0. The van der Waals surface area contributed by atoms with Crippen molar-refractivity contribution in [2.24, 2.45) is 5.73 Å². The molecule has 4 aromatic carbocycles. The van der Waals surface area contributed by atoms with Crippen molar-refractivity contribution in [3.63, 3.8) is 0 Å². The summed E-state index contributed by atoms with van der Waals surface area (Å²) in [4.78, 5) is 0. The van der Waals surface area contributed by atoms with Gasteiger partial charge in [-0.25, -0.2) is 0 Å². The number of aliphatic hydroxyl groups excluding tert-OH is 4. The Morgan fingerprint density at radius 2 is 1.18 bits per heavy atom. The largest absolute Gasteiger partial charge is 0.489 e. The first-order chi connectivity index (χ1) is 21.7. The quantitative estimate of drug-likeness (QED) is 0.161. The highest BCUT2D eigenvalue weighted by molar-refractivity contribution is 5.42. The lowest BCUT2D eigenvalue weighted by Crippen LogP contribution is -2.60. The zero-order valence-electron chi connectivity index (χ0n) is 25.5. The fourth-order valence-electron chi connectivity index (χ4n) is 5.25. The second kappa shape index (κ2) is 14.4. The van der Waals surface area contributed by atoms with Gasteiger partial charge < -0.3 is 45.1 Å². The van der Waals surface area contributed by atoms with E-state index in [1.807, 2.05) is 78.9 Å². The average Bonchev–Trinajstić information content (AvgIpc) is 3.07. The van der Waals surface area contributed by atoms with Gasteiger partial charge in [-0.1, -0.05) is 68.4 Å². The van der Waals surface area contributed by atoms with Crippen LogP contribution in [0.1, 0.15) is 41.7 Å². The summed E-state index contributed by atoms with van der Waals surface area (Å²) < 4.78 is 23.2. The maximum atomic E-state index is 10.3. The molecular formula is C36H41NO8. The molecule has 1 aliphatic heterocycles. The molecule has 1 saturated heterocycles. The van der Waals surface area contributed by atoms with Crippen LogP contribution in [0.3, 0.4) is 0 Å². The van der Waals surface area contributed by atoms with Gasteiger partial charge in [-0.2, -0.15) is 0 Å². The van der Waals surface area contributed by atoms with Gasteiger partial charge in [0.05, 0.1) is 6.61 Å². The fraction of sp³-hybridized carbons (Fsp3) is 0.333. The van der Waals surface area contributed by atoms with Crippen LogP contribution in [0.4, 0.5) is 0 Å². The van der Waals surface area contributed by atoms with Crippen molar-refractivity contribution in [3.05, 3.63) is 125 Å². The van der Waals surface area contributed by atoms with E-state index in [1.165, 1.54) is 0 Å². The fourth-order valence-corrected chi connectivity index (χ4v) is 5.25. The van der Waals surface area contributed by atoms with Crippen LogP contribution in [0, 0.1) is 0 Å². The molecule has 9 heteroatoms. The molecule has 0 amide bonds. The lowest BCUT2D eigenvalue weighted by atomic mass is 9.78. The Hall–Kier alpha value is -3.96. The van der Waals surface area contributed by atoms with Crippen molar-refractivity contribution in [2.75, 3.05) is 6.61 Å². The molecule has 5 atom stereocenters.